The summed E-state index contributed by atoms with van der Waals surface area (Å²) >= 11 is 0. The Morgan fingerprint density at radius 2 is 2.47 bits per heavy atom. The summed E-state index contributed by atoms with van der Waals surface area (Å²) in [6.45, 7) is 0.842. The van der Waals surface area contributed by atoms with Crippen LogP contribution in [-0.2, 0) is 18.4 Å². The summed E-state index contributed by atoms with van der Waals surface area (Å²) in [6, 6.07) is 0. The average molecular weight is 209 g/mol. The molecule has 0 bridgehead atoms. The topological polar surface area (TPSA) is 85.8 Å². The van der Waals surface area contributed by atoms with Crippen molar-refractivity contribution in [1.29, 1.82) is 0 Å². The molecule has 1 saturated carbocycles. The summed E-state index contributed by atoms with van der Waals surface area (Å²) in [4.78, 5) is 11.7. The second-order valence-corrected chi connectivity index (χ2v) is 4.03. The molecule has 1 fully saturated rings. The van der Waals surface area contributed by atoms with Gasteiger partial charge in [-0.15, -0.1) is 10.2 Å². The molecule has 0 radical (unpaired) electrons. The van der Waals surface area contributed by atoms with Crippen LogP contribution in [0.5, 0.6) is 0 Å². The van der Waals surface area contributed by atoms with Gasteiger partial charge in [0.2, 0.25) is 5.91 Å². The quantitative estimate of drug-likeness (QED) is 0.677. The number of carbonyl (C=O) groups excluding carboxylic acids is 1. The van der Waals surface area contributed by atoms with Gasteiger partial charge in [0.1, 0.15) is 6.33 Å². The lowest BCUT2D eigenvalue weighted by Crippen LogP contribution is -2.36. The molecule has 1 aliphatic carbocycles. The molecule has 1 aromatic heterocycles. The molecule has 0 aliphatic heterocycles. The highest BCUT2D eigenvalue weighted by Gasteiger charge is 2.48. The first-order chi connectivity index (χ1) is 7.18. The standard InChI is InChI=1S/C9H15N5O/c1-14-6-12-13-7(14)4-11-8(15)9(5-10)2-3-9/h6H,2-5,10H2,1H3,(H,11,15). The molecule has 6 nitrogen and oxygen atoms in total. The number of nitrogens with zero attached hydrogens (tertiary/aromatic N) is 3. The van der Waals surface area contributed by atoms with Crippen molar-refractivity contribution in [3.63, 3.8) is 0 Å². The van der Waals surface area contributed by atoms with Crippen LogP contribution in [0.25, 0.3) is 0 Å². The highest BCUT2D eigenvalue weighted by molar-refractivity contribution is 5.85. The fourth-order valence-corrected chi connectivity index (χ4v) is 1.49. The molecule has 1 heterocycles. The first-order valence-electron chi connectivity index (χ1n) is 4.99. The summed E-state index contributed by atoms with van der Waals surface area (Å²) in [5.74, 6) is 0.782. The first kappa shape index (κ1) is 10.1. The van der Waals surface area contributed by atoms with E-state index in [0.717, 1.165) is 18.7 Å². The molecular formula is C9H15N5O. The zero-order chi connectivity index (χ0) is 10.9. The number of hydrogen-bond donors (Lipinski definition) is 2. The summed E-state index contributed by atoms with van der Waals surface area (Å²) in [5.41, 5.74) is 5.26. The number of aryl methyl sites for hydroxylation is 1. The van der Waals surface area contributed by atoms with Crippen LogP contribution in [0.4, 0.5) is 0 Å². The molecule has 0 spiro atoms. The van der Waals surface area contributed by atoms with E-state index >= 15 is 0 Å². The predicted molar refractivity (Wildman–Crippen MR) is 53.6 cm³/mol. The van der Waals surface area contributed by atoms with Crippen LogP contribution in [0, 0.1) is 5.41 Å². The van der Waals surface area contributed by atoms with Crippen LogP contribution >= 0.6 is 0 Å². The minimum absolute atomic E-state index is 0.0352. The van der Waals surface area contributed by atoms with Crippen LogP contribution in [0.1, 0.15) is 18.7 Å². The Kier molecular flexibility index (Phi) is 2.44. The monoisotopic (exact) mass is 209 g/mol. The minimum atomic E-state index is -0.293. The molecule has 3 N–H and O–H groups in total. The van der Waals surface area contributed by atoms with Gasteiger partial charge in [-0.2, -0.15) is 0 Å². The van der Waals surface area contributed by atoms with E-state index < -0.39 is 0 Å². The first-order valence-corrected chi connectivity index (χ1v) is 4.99. The Balaban J connectivity index is 1.89. The van der Waals surface area contributed by atoms with E-state index in [1.54, 1.807) is 10.9 Å². The zero-order valence-electron chi connectivity index (χ0n) is 8.73. The molecule has 1 aromatic rings. The van der Waals surface area contributed by atoms with Gasteiger partial charge in [-0.05, 0) is 12.8 Å². The number of nitrogens with one attached hydrogen (secondary N) is 1. The van der Waals surface area contributed by atoms with Crippen LogP contribution in [0.3, 0.4) is 0 Å². The van der Waals surface area contributed by atoms with E-state index in [2.05, 4.69) is 15.5 Å². The highest BCUT2D eigenvalue weighted by atomic mass is 16.2. The van der Waals surface area contributed by atoms with Gasteiger partial charge >= 0.3 is 0 Å². The smallest absolute Gasteiger partial charge is 0.227 e. The second-order valence-electron chi connectivity index (χ2n) is 4.03. The van der Waals surface area contributed by atoms with Crippen molar-refractivity contribution in [1.82, 2.24) is 20.1 Å². The third-order valence-electron chi connectivity index (χ3n) is 2.94. The SMILES string of the molecule is Cn1cnnc1CNC(=O)C1(CN)CC1. The maximum atomic E-state index is 11.7. The molecule has 1 aliphatic rings. The number of nitrogens with two attached hydrogens (primary N) is 1. The fraction of sp³-hybridized carbons (Fsp3) is 0.667. The predicted octanol–water partition coefficient (Wildman–Crippen LogP) is -0.830. The van der Waals surface area contributed by atoms with Gasteiger partial charge in [-0.3, -0.25) is 4.79 Å². The van der Waals surface area contributed by atoms with Crippen molar-refractivity contribution in [2.24, 2.45) is 18.2 Å². The van der Waals surface area contributed by atoms with Crippen LogP contribution in [0.2, 0.25) is 0 Å². The number of hydrogen-bond acceptors (Lipinski definition) is 4. The van der Waals surface area contributed by atoms with E-state index in [1.165, 1.54) is 0 Å². The summed E-state index contributed by atoms with van der Waals surface area (Å²) in [7, 11) is 1.84. The number of aromatic nitrogens is 3. The molecule has 6 heteroatoms. The van der Waals surface area contributed by atoms with Gasteiger partial charge in [0, 0.05) is 13.6 Å². The van der Waals surface area contributed by atoms with Crippen LogP contribution < -0.4 is 11.1 Å². The van der Waals surface area contributed by atoms with Gasteiger partial charge in [-0.1, -0.05) is 0 Å². The molecule has 0 aromatic carbocycles. The molecule has 82 valence electrons. The van der Waals surface area contributed by atoms with E-state index in [1.807, 2.05) is 7.05 Å². The third-order valence-corrected chi connectivity index (χ3v) is 2.94. The highest BCUT2D eigenvalue weighted by Crippen LogP contribution is 2.44. The van der Waals surface area contributed by atoms with E-state index in [4.69, 9.17) is 5.73 Å². The number of carbonyl (C=O) groups is 1. The molecular weight excluding hydrogens is 194 g/mol. The summed E-state index contributed by atoms with van der Waals surface area (Å²) < 4.78 is 1.78. The normalized spacial score (nSPS) is 17.5. The molecule has 0 atom stereocenters. The minimum Gasteiger partial charge on any atom is -0.348 e. The summed E-state index contributed by atoms with van der Waals surface area (Å²) in [5, 5.41) is 10.5. The van der Waals surface area contributed by atoms with Gasteiger partial charge in [-0.25, -0.2) is 0 Å². The van der Waals surface area contributed by atoms with Crippen LogP contribution in [-0.4, -0.2) is 27.2 Å². The molecule has 0 saturated heterocycles. The number of amides is 1. The molecule has 15 heavy (non-hydrogen) atoms. The van der Waals surface area contributed by atoms with Gasteiger partial charge in [0.15, 0.2) is 5.82 Å². The maximum Gasteiger partial charge on any atom is 0.227 e. The lowest BCUT2D eigenvalue weighted by atomic mass is 10.1. The average Bonchev–Trinajstić information content (AvgIpc) is 2.94. The van der Waals surface area contributed by atoms with Crippen LogP contribution in [0.15, 0.2) is 6.33 Å². The summed E-state index contributed by atoms with van der Waals surface area (Å²) in [6.07, 6.45) is 3.40. The van der Waals surface area contributed by atoms with Crippen molar-refractivity contribution < 1.29 is 4.79 Å². The zero-order valence-corrected chi connectivity index (χ0v) is 8.73. The van der Waals surface area contributed by atoms with Crippen molar-refractivity contribution in [2.45, 2.75) is 19.4 Å². The van der Waals surface area contributed by atoms with Gasteiger partial charge in [0.05, 0.1) is 12.0 Å². The molecule has 2 rings (SSSR count). The van der Waals surface area contributed by atoms with Crippen molar-refractivity contribution >= 4 is 5.91 Å². The largest absolute Gasteiger partial charge is 0.348 e. The molecule has 0 unspecified atom stereocenters. The van der Waals surface area contributed by atoms with Gasteiger partial charge in [0.25, 0.3) is 0 Å². The van der Waals surface area contributed by atoms with Gasteiger partial charge < -0.3 is 15.6 Å². The lowest BCUT2D eigenvalue weighted by Gasteiger charge is -2.11. The fourth-order valence-electron chi connectivity index (χ4n) is 1.49. The van der Waals surface area contributed by atoms with E-state index in [0.29, 0.717) is 13.1 Å². The Hall–Kier alpha value is -1.43. The molecule has 1 amide bonds. The third kappa shape index (κ3) is 1.85. The Morgan fingerprint density at radius 1 is 1.73 bits per heavy atom. The Morgan fingerprint density at radius 3 is 2.93 bits per heavy atom. The Bertz CT molecular complexity index is 368. The van der Waals surface area contributed by atoms with Crippen molar-refractivity contribution in [3.8, 4) is 0 Å². The second kappa shape index (κ2) is 3.62. The lowest BCUT2D eigenvalue weighted by molar-refractivity contribution is -0.126. The van der Waals surface area contributed by atoms with E-state index in [9.17, 15) is 4.79 Å². The number of rotatable bonds is 4. The van der Waals surface area contributed by atoms with Crippen molar-refractivity contribution in [2.75, 3.05) is 6.54 Å². The maximum absolute atomic E-state index is 11.7. The Labute approximate surface area is 87.9 Å². The van der Waals surface area contributed by atoms with E-state index in [-0.39, 0.29) is 11.3 Å². The van der Waals surface area contributed by atoms with Crippen molar-refractivity contribution in [3.05, 3.63) is 12.2 Å².